The minimum atomic E-state index is -0.867. The molecule has 0 N–H and O–H groups in total. The lowest BCUT2D eigenvalue weighted by atomic mass is 9.94. The van der Waals surface area contributed by atoms with Crippen LogP contribution in [0.2, 0.25) is 0 Å². The molecule has 0 amide bonds. The van der Waals surface area contributed by atoms with Crippen molar-refractivity contribution in [1.82, 2.24) is 0 Å². The SMILES string of the molecule is CCCCCCCCCCCCCCCCC(OCC)(OC(CCCCCCCCCCCCCCCC)(OCC)c1ccccc1)c1ccccc1. The molecule has 0 aliphatic heterocycles. The number of unbranched alkanes of at least 4 members (excludes halogenated alkanes) is 26. The van der Waals surface area contributed by atoms with Crippen LogP contribution >= 0.6 is 0 Å². The van der Waals surface area contributed by atoms with E-state index in [0.29, 0.717) is 13.2 Å². The summed E-state index contributed by atoms with van der Waals surface area (Å²) in [7, 11) is 0. The van der Waals surface area contributed by atoms with Gasteiger partial charge >= 0.3 is 0 Å². The fourth-order valence-corrected chi connectivity index (χ4v) is 8.10. The molecule has 2 aromatic carbocycles. The van der Waals surface area contributed by atoms with Crippen LogP contribution in [0.4, 0.5) is 0 Å². The van der Waals surface area contributed by atoms with Crippen LogP contribution in [0.25, 0.3) is 0 Å². The van der Waals surface area contributed by atoms with Crippen molar-refractivity contribution >= 4 is 0 Å². The van der Waals surface area contributed by atoms with E-state index in [-0.39, 0.29) is 0 Å². The Morgan fingerprint density at radius 1 is 0.321 bits per heavy atom. The molecule has 0 fully saturated rings. The van der Waals surface area contributed by atoms with Crippen molar-refractivity contribution in [2.75, 3.05) is 13.2 Å². The van der Waals surface area contributed by atoms with Gasteiger partial charge in [-0.3, -0.25) is 0 Å². The summed E-state index contributed by atoms with van der Waals surface area (Å²) < 4.78 is 21.0. The van der Waals surface area contributed by atoms with Crippen LogP contribution in [0.5, 0.6) is 0 Å². The predicted octanol–water partition coefficient (Wildman–Crippen LogP) is 16.5. The second-order valence-electron chi connectivity index (χ2n) is 15.9. The van der Waals surface area contributed by atoms with Crippen LogP contribution in [0.3, 0.4) is 0 Å². The van der Waals surface area contributed by atoms with Crippen LogP contribution in [0.1, 0.15) is 231 Å². The summed E-state index contributed by atoms with van der Waals surface area (Å²) in [5.74, 6) is -1.73. The number of rotatable bonds is 38. The van der Waals surface area contributed by atoms with E-state index in [0.717, 1.165) is 36.8 Å². The van der Waals surface area contributed by atoms with E-state index in [1.54, 1.807) is 0 Å². The van der Waals surface area contributed by atoms with Crippen LogP contribution in [-0.2, 0) is 25.8 Å². The summed E-state index contributed by atoms with van der Waals surface area (Å²) in [6.07, 6.45) is 39.5. The van der Waals surface area contributed by atoms with Gasteiger partial charge in [0.25, 0.3) is 0 Å². The lowest BCUT2D eigenvalue weighted by Crippen LogP contribution is -2.45. The first-order valence-corrected chi connectivity index (χ1v) is 23.3. The average molecular weight is 735 g/mol. The minimum Gasteiger partial charge on any atom is -0.346 e. The first-order valence-electron chi connectivity index (χ1n) is 23.3. The van der Waals surface area contributed by atoms with Gasteiger partial charge in [-0.15, -0.1) is 0 Å². The highest BCUT2D eigenvalue weighted by molar-refractivity contribution is 5.24. The number of ether oxygens (including phenoxy) is 3. The van der Waals surface area contributed by atoms with Crippen LogP contribution in [0.15, 0.2) is 60.7 Å². The van der Waals surface area contributed by atoms with Gasteiger partial charge in [-0.1, -0.05) is 241 Å². The molecule has 2 unspecified atom stereocenters. The molecular weight excluding hydrogens is 649 g/mol. The van der Waals surface area contributed by atoms with Crippen molar-refractivity contribution in [3.05, 3.63) is 71.8 Å². The summed E-state index contributed by atoms with van der Waals surface area (Å²) >= 11 is 0. The zero-order chi connectivity index (χ0) is 38.0. The fourth-order valence-electron chi connectivity index (χ4n) is 8.10. The van der Waals surface area contributed by atoms with Gasteiger partial charge in [-0.05, 0) is 26.7 Å². The zero-order valence-corrected chi connectivity index (χ0v) is 35.6. The Balaban J connectivity index is 1.96. The molecule has 0 bridgehead atoms. The summed E-state index contributed by atoms with van der Waals surface area (Å²) in [5.41, 5.74) is 2.19. The Bertz CT molecular complexity index is 958. The van der Waals surface area contributed by atoms with Gasteiger partial charge in [-0.25, -0.2) is 0 Å². The van der Waals surface area contributed by atoms with E-state index in [9.17, 15) is 0 Å². The molecule has 0 aromatic heterocycles. The topological polar surface area (TPSA) is 27.7 Å². The van der Waals surface area contributed by atoms with E-state index in [2.05, 4.69) is 88.4 Å². The third-order valence-electron chi connectivity index (χ3n) is 11.2. The number of benzene rings is 2. The molecule has 0 heterocycles. The van der Waals surface area contributed by atoms with Crippen molar-refractivity contribution in [2.45, 2.75) is 232 Å². The molecule has 0 aliphatic carbocycles. The molecule has 2 atom stereocenters. The molecule has 3 nitrogen and oxygen atoms in total. The predicted molar refractivity (Wildman–Crippen MR) is 230 cm³/mol. The molecule has 0 saturated heterocycles. The maximum absolute atomic E-state index is 7.46. The van der Waals surface area contributed by atoms with E-state index in [1.165, 1.54) is 167 Å². The van der Waals surface area contributed by atoms with Crippen LogP contribution in [0, 0.1) is 0 Å². The van der Waals surface area contributed by atoms with Crippen molar-refractivity contribution in [3.63, 3.8) is 0 Å². The first kappa shape index (κ1) is 47.5. The summed E-state index contributed by atoms with van der Waals surface area (Å²) in [6.45, 7) is 9.98. The highest BCUT2D eigenvalue weighted by Gasteiger charge is 2.45. The van der Waals surface area contributed by atoms with Crippen molar-refractivity contribution in [1.29, 1.82) is 0 Å². The van der Waals surface area contributed by atoms with Crippen LogP contribution < -0.4 is 0 Å². The monoisotopic (exact) mass is 735 g/mol. The molecule has 0 spiro atoms. The molecule has 2 rings (SSSR count). The smallest absolute Gasteiger partial charge is 0.198 e. The standard InChI is InChI=1S/C50H86O3/c1-5-9-11-13-15-17-19-21-23-25-27-29-31-39-45-49(51-7-3,47-41-35-33-36-42-47)53-50(52-8-4,48-43-37-34-38-44-48)46-40-32-30-28-26-24-22-20-18-16-14-12-10-6-2/h33-38,41-44H,5-32,39-40,45-46H2,1-4H3. The maximum Gasteiger partial charge on any atom is 0.198 e. The van der Waals surface area contributed by atoms with Gasteiger partial charge in [0.1, 0.15) is 0 Å². The fraction of sp³-hybridized carbons (Fsp3) is 0.760. The maximum atomic E-state index is 7.46. The molecule has 0 radical (unpaired) electrons. The summed E-state index contributed by atoms with van der Waals surface area (Å²) in [6, 6.07) is 21.4. The molecule has 304 valence electrons. The summed E-state index contributed by atoms with van der Waals surface area (Å²) in [4.78, 5) is 0. The van der Waals surface area contributed by atoms with Crippen molar-refractivity contribution < 1.29 is 14.2 Å². The van der Waals surface area contributed by atoms with Gasteiger partial charge < -0.3 is 14.2 Å². The Hall–Kier alpha value is -1.68. The van der Waals surface area contributed by atoms with Gasteiger partial charge in [-0.2, -0.15) is 0 Å². The molecule has 0 saturated carbocycles. The normalized spacial score (nSPS) is 14.0. The Morgan fingerprint density at radius 3 is 0.811 bits per heavy atom. The first-order chi connectivity index (χ1) is 26.2. The van der Waals surface area contributed by atoms with E-state index in [1.807, 2.05) is 0 Å². The molecule has 0 aliphatic rings. The minimum absolute atomic E-state index is 0.587. The van der Waals surface area contributed by atoms with Crippen LogP contribution in [-0.4, -0.2) is 13.2 Å². The van der Waals surface area contributed by atoms with Gasteiger partial charge in [0.2, 0.25) is 0 Å². The highest BCUT2D eigenvalue weighted by atomic mass is 16.8. The number of hydrogen-bond acceptors (Lipinski definition) is 3. The molecule has 2 aromatic rings. The third-order valence-corrected chi connectivity index (χ3v) is 11.2. The Morgan fingerprint density at radius 2 is 0.566 bits per heavy atom. The van der Waals surface area contributed by atoms with Gasteiger partial charge in [0.05, 0.1) is 0 Å². The quantitative estimate of drug-likeness (QED) is 0.0508. The Labute approximate surface area is 330 Å². The lowest BCUT2D eigenvalue weighted by Gasteiger charge is -2.44. The molecular formula is C50H86O3. The Kier molecular flexibility index (Phi) is 29.2. The second-order valence-corrected chi connectivity index (χ2v) is 15.9. The zero-order valence-electron chi connectivity index (χ0n) is 35.6. The molecule has 53 heavy (non-hydrogen) atoms. The average Bonchev–Trinajstić information content (AvgIpc) is 3.19. The summed E-state index contributed by atoms with van der Waals surface area (Å²) in [5, 5.41) is 0. The second kappa shape index (κ2) is 32.6. The largest absolute Gasteiger partial charge is 0.346 e. The highest BCUT2D eigenvalue weighted by Crippen LogP contribution is 2.44. The lowest BCUT2D eigenvalue weighted by molar-refractivity contribution is -0.379. The van der Waals surface area contributed by atoms with E-state index in [4.69, 9.17) is 14.2 Å². The van der Waals surface area contributed by atoms with Crippen molar-refractivity contribution in [3.8, 4) is 0 Å². The third kappa shape index (κ3) is 21.3. The van der Waals surface area contributed by atoms with Gasteiger partial charge in [0.15, 0.2) is 11.6 Å². The van der Waals surface area contributed by atoms with E-state index < -0.39 is 11.6 Å². The van der Waals surface area contributed by atoms with Crippen molar-refractivity contribution in [2.24, 2.45) is 0 Å². The number of hydrogen-bond donors (Lipinski definition) is 0. The van der Waals surface area contributed by atoms with Gasteiger partial charge in [0, 0.05) is 37.2 Å². The van der Waals surface area contributed by atoms with E-state index >= 15 is 0 Å². The molecule has 3 heteroatoms.